The number of aromatic nitrogens is 4. The summed E-state index contributed by atoms with van der Waals surface area (Å²) in [5, 5.41) is 10.6. The summed E-state index contributed by atoms with van der Waals surface area (Å²) in [6.45, 7) is 1.90. The van der Waals surface area contributed by atoms with Crippen LogP contribution in [0.1, 0.15) is 16.2 Å². The average Bonchev–Trinajstić information content (AvgIpc) is 3.12. The van der Waals surface area contributed by atoms with E-state index in [1.807, 2.05) is 36.6 Å². The van der Waals surface area contributed by atoms with Crippen molar-refractivity contribution in [2.24, 2.45) is 0 Å². The number of ether oxygens (including phenoxy) is 1. The van der Waals surface area contributed by atoms with E-state index in [4.69, 9.17) is 4.74 Å². The van der Waals surface area contributed by atoms with Gasteiger partial charge in [-0.25, -0.2) is 4.98 Å². The smallest absolute Gasteiger partial charge is 0.212 e. The summed E-state index contributed by atoms with van der Waals surface area (Å²) >= 11 is 1.44. The molecule has 106 valence electrons. The van der Waals surface area contributed by atoms with Gasteiger partial charge in [0.05, 0.1) is 12.8 Å². The van der Waals surface area contributed by atoms with Crippen molar-refractivity contribution in [1.82, 2.24) is 20.0 Å². The summed E-state index contributed by atoms with van der Waals surface area (Å²) in [6.07, 6.45) is 0.686. The number of rotatable bonds is 4. The van der Waals surface area contributed by atoms with Crippen molar-refractivity contribution >= 4 is 17.6 Å². The Bertz CT molecular complexity index is 794. The average molecular weight is 300 g/mol. The molecule has 0 atom stereocenters. The highest BCUT2D eigenvalue weighted by molar-refractivity contribution is 7.12. The van der Waals surface area contributed by atoms with E-state index in [-0.39, 0.29) is 5.69 Å². The number of nitrogens with zero attached hydrogens (tertiary/aromatic N) is 4. The molecule has 0 bridgehead atoms. The van der Waals surface area contributed by atoms with Gasteiger partial charge in [0.2, 0.25) is 5.13 Å². The Hall–Kier alpha value is -2.54. The molecule has 1 aromatic carbocycles. The predicted octanol–water partition coefficient (Wildman–Crippen LogP) is 2.52. The number of carbonyl (C=O) groups excluding carboxylic acids is 1. The van der Waals surface area contributed by atoms with Crippen LogP contribution in [0.2, 0.25) is 0 Å². The molecule has 0 amide bonds. The van der Waals surface area contributed by atoms with Gasteiger partial charge in [0, 0.05) is 10.9 Å². The van der Waals surface area contributed by atoms with Gasteiger partial charge in [0.1, 0.15) is 11.4 Å². The zero-order valence-electron chi connectivity index (χ0n) is 11.5. The third-order valence-electron chi connectivity index (χ3n) is 2.96. The van der Waals surface area contributed by atoms with Crippen LogP contribution in [0, 0.1) is 6.92 Å². The second-order valence-corrected chi connectivity index (χ2v) is 5.16. The normalized spacial score (nSPS) is 10.6. The molecule has 3 aromatic rings. The van der Waals surface area contributed by atoms with Crippen LogP contribution in [0.4, 0.5) is 0 Å². The summed E-state index contributed by atoms with van der Waals surface area (Å²) in [5.74, 6) is 0.650. The van der Waals surface area contributed by atoms with Crippen LogP contribution < -0.4 is 4.74 Å². The van der Waals surface area contributed by atoms with Crippen molar-refractivity contribution in [3.05, 3.63) is 41.0 Å². The van der Waals surface area contributed by atoms with E-state index in [9.17, 15) is 4.79 Å². The molecule has 0 saturated carbocycles. The van der Waals surface area contributed by atoms with Gasteiger partial charge in [-0.2, -0.15) is 4.68 Å². The highest BCUT2D eigenvalue weighted by atomic mass is 32.1. The molecule has 21 heavy (non-hydrogen) atoms. The number of benzene rings is 1. The molecular weight excluding hydrogens is 288 g/mol. The Balaban J connectivity index is 2.25. The number of aldehydes is 1. The lowest BCUT2D eigenvalue weighted by molar-refractivity contribution is 0.111. The number of aryl methyl sites for hydroxylation is 1. The fourth-order valence-corrected chi connectivity index (χ4v) is 2.79. The first-order chi connectivity index (χ1) is 10.2. The number of carbonyl (C=O) groups is 1. The molecule has 0 fully saturated rings. The Morgan fingerprint density at radius 1 is 1.33 bits per heavy atom. The number of methoxy groups -OCH3 is 1. The first-order valence-corrected chi connectivity index (χ1v) is 7.09. The first kappa shape index (κ1) is 13.4. The maximum Gasteiger partial charge on any atom is 0.212 e. The van der Waals surface area contributed by atoms with Gasteiger partial charge < -0.3 is 4.74 Å². The molecule has 0 spiro atoms. The largest absolute Gasteiger partial charge is 0.496 e. The van der Waals surface area contributed by atoms with Gasteiger partial charge in [0.25, 0.3) is 0 Å². The zero-order chi connectivity index (χ0) is 14.8. The second kappa shape index (κ2) is 5.45. The molecule has 6 nitrogen and oxygen atoms in total. The Morgan fingerprint density at radius 3 is 2.81 bits per heavy atom. The molecule has 0 saturated heterocycles. The maximum atomic E-state index is 11.3. The third-order valence-corrected chi connectivity index (χ3v) is 3.89. The summed E-state index contributed by atoms with van der Waals surface area (Å²) in [6, 6.07) is 7.43. The Labute approximate surface area is 125 Å². The predicted molar refractivity (Wildman–Crippen MR) is 79.1 cm³/mol. The molecule has 2 heterocycles. The fourth-order valence-electron chi connectivity index (χ4n) is 2.04. The molecule has 7 heteroatoms. The number of thiazole rings is 1. The number of para-hydroxylation sites is 1. The van der Waals surface area contributed by atoms with Gasteiger partial charge >= 0.3 is 0 Å². The molecular formula is C14H12N4O2S. The lowest BCUT2D eigenvalue weighted by Crippen LogP contribution is -2.01. The second-order valence-electron chi connectivity index (χ2n) is 4.32. The molecule has 3 rings (SSSR count). The van der Waals surface area contributed by atoms with Crippen LogP contribution in [-0.4, -0.2) is 33.4 Å². The van der Waals surface area contributed by atoms with Crippen molar-refractivity contribution < 1.29 is 9.53 Å². The maximum absolute atomic E-state index is 11.3. The highest BCUT2D eigenvalue weighted by Gasteiger charge is 2.20. The van der Waals surface area contributed by atoms with E-state index in [1.54, 1.807) is 11.8 Å². The van der Waals surface area contributed by atoms with Gasteiger partial charge in [-0.1, -0.05) is 17.3 Å². The lowest BCUT2D eigenvalue weighted by atomic mass is 10.1. The van der Waals surface area contributed by atoms with Gasteiger partial charge in [-0.05, 0) is 19.1 Å². The molecule has 0 aliphatic rings. The summed E-state index contributed by atoms with van der Waals surface area (Å²) in [5.41, 5.74) is 2.48. The van der Waals surface area contributed by atoms with Crippen LogP contribution >= 0.6 is 11.3 Å². The minimum Gasteiger partial charge on any atom is -0.496 e. The van der Waals surface area contributed by atoms with Crippen LogP contribution in [0.5, 0.6) is 5.75 Å². The van der Waals surface area contributed by atoms with Crippen molar-refractivity contribution in [3.8, 4) is 22.1 Å². The summed E-state index contributed by atoms with van der Waals surface area (Å²) < 4.78 is 6.93. The number of hydrogen-bond donors (Lipinski definition) is 0. The molecule has 0 aliphatic carbocycles. The minimum atomic E-state index is 0.257. The van der Waals surface area contributed by atoms with Crippen LogP contribution in [0.3, 0.4) is 0 Å². The van der Waals surface area contributed by atoms with Crippen LogP contribution in [0.15, 0.2) is 29.6 Å². The van der Waals surface area contributed by atoms with Crippen molar-refractivity contribution in [2.45, 2.75) is 6.92 Å². The van der Waals surface area contributed by atoms with E-state index in [0.29, 0.717) is 22.9 Å². The lowest BCUT2D eigenvalue weighted by Gasteiger charge is -2.09. The molecule has 2 aromatic heterocycles. The van der Waals surface area contributed by atoms with E-state index in [0.717, 1.165) is 11.3 Å². The first-order valence-electron chi connectivity index (χ1n) is 6.21. The van der Waals surface area contributed by atoms with Crippen LogP contribution in [-0.2, 0) is 0 Å². The van der Waals surface area contributed by atoms with Gasteiger partial charge in [0.15, 0.2) is 12.0 Å². The monoisotopic (exact) mass is 300 g/mol. The minimum absolute atomic E-state index is 0.257. The van der Waals surface area contributed by atoms with Crippen molar-refractivity contribution in [1.29, 1.82) is 0 Å². The van der Waals surface area contributed by atoms with Gasteiger partial charge in [-0.15, -0.1) is 16.4 Å². The topological polar surface area (TPSA) is 69.9 Å². The Morgan fingerprint density at radius 2 is 2.14 bits per heavy atom. The number of hydrogen-bond acceptors (Lipinski definition) is 6. The quantitative estimate of drug-likeness (QED) is 0.692. The molecule has 0 unspecified atom stereocenters. The van der Waals surface area contributed by atoms with Gasteiger partial charge in [-0.3, -0.25) is 4.79 Å². The van der Waals surface area contributed by atoms with Crippen LogP contribution in [0.25, 0.3) is 16.4 Å². The molecule has 0 aliphatic heterocycles. The fraction of sp³-hybridized carbons (Fsp3) is 0.143. The summed E-state index contributed by atoms with van der Waals surface area (Å²) in [7, 11) is 1.58. The van der Waals surface area contributed by atoms with E-state index >= 15 is 0 Å². The van der Waals surface area contributed by atoms with Crippen molar-refractivity contribution in [2.75, 3.05) is 7.11 Å². The van der Waals surface area contributed by atoms with E-state index in [2.05, 4.69) is 15.3 Å². The van der Waals surface area contributed by atoms with E-state index in [1.165, 1.54) is 11.3 Å². The third kappa shape index (κ3) is 2.31. The molecule has 0 radical (unpaired) electrons. The Kier molecular flexibility index (Phi) is 3.49. The highest BCUT2D eigenvalue weighted by Crippen LogP contribution is 2.32. The zero-order valence-corrected chi connectivity index (χ0v) is 12.3. The van der Waals surface area contributed by atoms with Crippen molar-refractivity contribution in [3.63, 3.8) is 0 Å². The standard InChI is InChI=1S/C14H12N4O2S/c1-9-8-21-14(15-9)18-13(11(7-19)16-17-18)10-5-3-4-6-12(10)20-2/h3-8H,1-2H3. The molecule has 0 N–H and O–H groups in total. The van der Waals surface area contributed by atoms with E-state index < -0.39 is 0 Å². The SMILES string of the molecule is COc1ccccc1-c1c(C=O)nnn1-c1nc(C)cs1. The summed E-state index contributed by atoms with van der Waals surface area (Å²) in [4.78, 5) is 15.7.